The minimum Gasteiger partial charge on any atom is -0.379 e. The van der Waals surface area contributed by atoms with Crippen LogP contribution >= 0.6 is 0 Å². The van der Waals surface area contributed by atoms with Gasteiger partial charge >= 0.3 is 0 Å². The summed E-state index contributed by atoms with van der Waals surface area (Å²) in [4.78, 5) is 31.2. The number of anilines is 1. The third-order valence-corrected chi connectivity index (χ3v) is 8.70. The van der Waals surface area contributed by atoms with Crippen molar-refractivity contribution in [2.24, 2.45) is 4.99 Å². The highest BCUT2D eigenvalue weighted by atomic mass is 16.5. The molecule has 4 heterocycles. The minimum absolute atomic E-state index is 0.0556. The molecule has 188 valence electrons. The van der Waals surface area contributed by atoms with Crippen LogP contribution in [0.15, 0.2) is 35.5 Å². The number of nitrogens with one attached hydrogen (secondary N) is 1. The van der Waals surface area contributed by atoms with Crippen molar-refractivity contribution in [2.45, 2.75) is 44.6 Å². The van der Waals surface area contributed by atoms with Gasteiger partial charge in [0.2, 0.25) is 0 Å². The lowest BCUT2D eigenvalue weighted by Crippen LogP contribution is -2.56. The normalized spacial score (nSPS) is 21.7. The van der Waals surface area contributed by atoms with Crippen LogP contribution in [0.5, 0.6) is 0 Å². The Bertz CT molecular complexity index is 1360. The number of aromatic amines is 1. The van der Waals surface area contributed by atoms with E-state index in [0.717, 1.165) is 91.3 Å². The van der Waals surface area contributed by atoms with Crippen molar-refractivity contribution < 1.29 is 9.53 Å². The monoisotopic (exact) mass is 485 g/mol. The molecule has 0 unspecified atom stereocenters. The van der Waals surface area contributed by atoms with Crippen LogP contribution in [0.2, 0.25) is 0 Å². The fourth-order valence-electron chi connectivity index (χ4n) is 6.37. The number of hydrogen-bond acceptors (Lipinski definition) is 6. The molecule has 1 aromatic carbocycles. The van der Waals surface area contributed by atoms with Crippen LogP contribution < -0.4 is 4.90 Å². The topological polar surface area (TPSA) is 73.8 Å². The molecular formula is C29H35N5O2. The Balaban J connectivity index is 1.31. The number of piperidine rings is 1. The largest absolute Gasteiger partial charge is 0.379 e. The van der Waals surface area contributed by atoms with Crippen molar-refractivity contribution in [3.63, 3.8) is 0 Å². The Morgan fingerprint density at radius 3 is 2.56 bits per heavy atom. The number of pyridine rings is 1. The molecule has 1 N–H and O–H groups in total. The molecular weight excluding hydrogens is 450 g/mol. The number of carbonyl (C=O) groups is 1. The Morgan fingerprint density at radius 1 is 1.08 bits per heavy atom. The predicted molar refractivity (Wildman–Crippen MR) is 144 cm³/mol. The van der Waals surface area contributed by atoms with Crippen LogP contribution in [0, 0.1) is 0 Å². The summed E-state index contributed by atoms with van der Waals surface area (Å²) in [7, 11) is 1.77. The van der Waals surface area contributed by atoms with Crippen LogP contribution in [-0.2, 0) is 10.2 Å². The number of carbonyl (C=O) groups excluding carboxylic acids is 1. The summed E-state index contributed by atoms with van der Waals surface area (Å²) >= 11 is 0. The summed E-state index contributed by atoms with van der Waals surface area (Å²) in [5.41, 5.74) is 5.38. The highest BCUT2D eigenvalue weighted by Crippen LogP contribution is 2.44. The van der Waals surface area contributed by atoms with Crippen LogP contribution in [0.3, 0.4) is 0 Å². The van der Waals surface area contributed by atoms with E-state index in [0.29, 0.717) is 5.56 Å². The first kappa shape index (κ1) is 23.4. The number of rotatable bonds is 3. The van der Waals surface area contributed by atoms with Gasteiger partial charge in [-0.2, -0.15) is 0 Å². The second-order valence-corrected chi connectivity index (χ2v) is 11.2. The molecule has 6 rings (SSSR count). The Kier molecular flexibility index (Phi) is 5.54. The summed E-state index contributed by atoms with van der Waals surface area (Å²) in [6.07, 6.45) is 5.84. The predicted octanol–water partition coefficient (Wildman–Crippen LogP) is 4.17. The van der Waals surface area contributed by atoms with Crippen LogP contribution in [0.4, 0.5) is 5.82 Å². The van der Waals surface area contributed by atoms with Crippen molar-refractivity contribution in [1.82, 2.24) is 14.9 Å². The number of benzene rings is 1. The number of fused-ring (bicyclic) bond motifs is 4. The van der Waals surface area contributed by atoms with Crippen molar-refractivity contribution in [2.75, 3.05) is 51.3 Å². The van der Waals surface area contributed by atoms with Crippen LogP contribution in [0.25, 0.3) is 10.9 Å². The molecule has 7 heteroatoms. The highest BCUT2D eigenvalue weighted by molar-refractivity contribution is 6.20. The standard InChI is InChI=1S/C29H35N5O2/c1-28(2)22-16-24(33-9-7-29(3,8-10-33)34-11-13-36-14-12-34)31-18-21(22)26(35)25-20-6-5-19(17-30-4)15-23(20)32-27(25)28/h5-6,15-18,32H,7-14H2,1-4H3. The smallest absolute Gasteiger partial charge is 0.197 e. The SMILES string of the molecule is CN=Cc1ccc2c3c([nH]c2c1)C(C)(C)c1cc(N2CCC(C)(N4CCOCC4)CC2)ncc1C3=O. The maximum absolute atomic E-state index is 13.7. The first-order chi connectivity index (χ1) is 17.3. The number of morpholine rings is 1. The van der Waals surface area contributed by atoms with E-state index in [1.54, 1.807) is 7.05 Å². The zero-order valence-electron chi connectivity index (χ0n) is 21.7. The molecule has 7 nitrogen and oxygen atoms in total. The molecule has 0 radical (unpaired) electrons. The first-order valence-corrected chi connectivity index (χ1v) is 13.0. The van der Waals surface area contributed by atoms with E-state index in [9.17, 15) is 4.79 Å². The maximum atomic E-state index is 13.7. The lowest BCUT2D eigenvalue weighted by Gasteiger charge is -2.48. The molecule has 1 aliphatic carbocycles. The fourth-order valence-corrected chi connectivity index (χ4v) is 6.37. The average Bonchev–Trinajstić information content (AvgIpc) is 3.29. The van der Waals surface area contributed by atoms with Gasteiger partial charge in [-0.25, -0.2) is 4.98 Å². The fraction of sp³-hybridized carbons (Fsp3) is 0.483. The Hall–Kier alpha value is -3.03. The molecule has 2 aliphatic heterocycles. The van der Waals surface area contributed by atoms with E-state index in [1.807, 2.05) is 24.5 Å². The summed E-state index contributed by atoms with van der Waals surface area (Å²) in [5.74, 6) is 1.03. The minimum atomic E-state index is -0.341. The van der Waals surface area contributed by atoms with Crippen LogP contribution in [0.1, 0.15) is 66.4 Å². The summed E-state index contributed by atoms with van der Waals surface area (Å²) in [5, 5.41) is 0.962. The van der Waals surface area contributed by atoms with E-state index < -0.39 is 0 Å². The molecule has 0 spiro atoms. The van der Waals surface area contributed by atoms with E-state index in [4.69, 9.17) is 9.72 Å². The van der Waals surface area contributed by atoms with Gasteiger partial charge in [-0.05, 0) is 43.0 Å². The van der Waals surface area contributed by atoms with Crippen LogP contribution in [-0.4, -0.2) is 78.8 Å². The van der Waals surface area contributed by atoms with Crippen molar-refractivity contribution in [3.8, 4) is 0 Å². The molecule has 0 amide bonds. The number of hydrogen-bond donors (Lipinski definition) is 1. The van der Waals surface area contributed by atoms with Gasteiger partial charge in [0.05, 0.1) is 18.8 Å². The molecule has 3 aromatic rings. The van der Waals surface area contributed by atoms with Gasteiger partial charge in [-0.3, -0.25) is 14.7 Å². The van der Waals surface area contributed by atoms with Gasteiger partial charge in [0.25, 0.3) is 0 Å². The Labute approximate surface area is 212 Å². The number of nitrogens with zero attached hydrogens (tertiary/aromatic N) is 4. The van der Waals surface area contributed by atoms with Crippen molar-refractivity contribution in [1.29, 1.82) is 0 Å². The molecule has 0 bridgehead atoms. The second kappa shape index (κ2) is 8.53. The van der Waals surface area contributed by atoms with E-state index in [2.05, 4.69) is 52.7 Å². The molecule has 3 aliphatic rings. The highest BCUT2D eigenvalue weighted by Gasteiger charge is 2.41. The lowest BCUT2D eigenvalue weighted by atomic mass is 9.72. The number of ketones is 1. The second-order valence-electron chi connectivity index (χ2n) is 11.2. The molecule has 2 fully saturated rings. The number of aliphatic imine (C=N–C) groups is 1. The molecule has 0 atom stereocenters. The van der Waals surface area contributed by atoms with Gasteiger partial charge < -0.3 is 14.6 Å². The van der Waals surface area contributed by atoms with Gasteiger partial charge in [0.15, 0.2) is 5.78 Å². The van der Waals surface area contributed by atoms with Crippen molar-refractivity contribution in [3.05, 3.63) is 58.4 Å². The zero-order chi connectivity index (χ0) is 25.1. The molecule has 2 aromatic heterocycles. The lowest BCUT2D eigenvalue weighted by molar-refractivity contribution is -0.0249. The quantitative estimate of drug-likeness (QED) is 0.564. The summed E-state index contributed by atoms with van der Waals surface area (Å²) in [6.45, 7) is 12.4. The zero-order valence-corrected chi connectivity index (χ0v) is 21.7. The average molecular weight is 486 g/mol. The number of ether oxygens (including phenoxy) is 1. The van der Waals surface area contributed by atoms with E-state index >= 15 is 0 Å². The summed E-state index contributed by atoms with van der Waals surface area (Å²) < 4.78 is 5.57. The maximum Gasteiger partial charge on any atom is 0.197 e. The van der Waals surface area contributed by atoms with E-state index in [-0.39, 0.29) is 16.7 Å². The summed E-state index contributed by atoms with van der Waals surface area (Å²) in [6, 6.07) is 8.27. The Morgan fingerprint density at radius 2 is 1.83 bits per heavy atom. The van der Waals surface area contributed by atoms with Gasteiger partial charge in [-0.1, -0.05) is 26.0 Å². The molecule has 36 heavy (non-hydrogen) atoms. The number of aromatic nitrogens is 2. The van der Waals surface area contributed by atoms with Gasteiger partial charge in [0, 0.05) is 78.8 Å². The van der Waals surface area contributed by atoms with Gasteiger partial charge in [-0.15, -0.1) is 0 Å². The van der Waals surface area contributed by atoms with Gasteiger partial charge in [0.1, 0.15) is 5.82 Å². The van der Waals surface area contributed by atoms with E-state index in [1.165, 1.54) is 0 Å². The first-order valence-electron chi connectivity index (χ1n) is 13.0. The molecule has 0 saturated carbocycles. The third kappa shape index (κ3) is 3.59. The molecule has 2 saturated heterocycles. The van der Waals surface area contributed by atoms with Crippen molar-refractivity contribution >= 4 is 28.7 Å². The number of H-pyrrole nitrogens is 1. The third-order valence-electron chi connectivity index (χ3n) is 8.70.